The van der Waals surface area contributed by atoms with E-state index in [9.17, 15) is 4.79 Å². The van der Waals surface area contributed by atoms with Crippen molar-refractivity contribution in [2.75, 3.05) is 53.9 Å². The molecule has 0 spiro atoms. The lowest BCUT2D eigenvalue weighted by atomic mass is 10.1. The molecule has 2 fully saturated rings. The Morgan fingerprint density at radius 3 is 2.46 bits per heavy atom. The second kappa shape index (κ2) is 9.89. The largest absolute Gasteiger partial charge is 0.368 e. The molecule has 3 rings (SSSR count). The van der Waals surface area contributed by atoms with Crippen molar-refractivity contribution in [2.24, 2.45) is 4.99 Å². The van der Waals surface area contributed by atoms with Gasteiger partial charge in [0.15, 0.2) is 5.96 Å². The number of carbonyl (C=O) groups excluding carboxylic acids is 1. The molecule has 0 aliphatic carbocycles. The van der Waals surface area contributed by atoms with Crippen LogP contribution in [0.4, 0.5) is 0 Å². The quantitative estimate of drug-likeness (QED) is 0.607. The van der Waals surface area contributed by atoms with Crippen LogP contribution < -0.4 is 5.32 Å². The summed E-state index contributed by atoms with van der Waals surface area (Å²) in [7, 11) is 5.99. The number of nitrogens with one attached hydrogen (secondary N) is 1. The molecule has 7 heteroatoms. The highest BCUT2D eigenvalue weighted by Gasteiger charge is 2.30. The van der Waals surface area contributed by atoms with Gasteiger partial charge in [0.05, 0.1) is 0 Å². The normalized spacial score (nSPS) is 20.7. The third-order valence-electron chi connectivity index (χ3n) is 5.35. The Morgan fingerprint density at radius 1 is 1.18 bits per heavy atom. The predicted octanol–water partition coefficient (Wildman–Crippen LogP) is 1.15. The number of hydrogen-bond acceptors (Lipinski definition) is 4. The molecule has 1 unspecified atom stereocenters. The lowest BCUT2D eigenvalue weighted by Gasteiger charge is -2.37. The first-order valence-corrected chi connectivity index (χ1v) is 10.2. The van der Waals surface area contributed by atoms with Crippen molar-refractivity contribution in [3.63, 3.8) is 0 Å². The zero-order valence-corrected chi connectivity index (χ0v) is 17.4. The van der Waals surface area contributed by atoms with Crippen molar-refractivity contribution in [1.82, 2.24) is 20.0 Å². The van der Waals surface area contributed by atoms with E-state index in [1.54, 1.807) is 0 Å². The van der Waals surface area contributed by atoms with Crippen molar-refractivity contribution >= 4 is 11.9 Å². The molecule has 2 saturated heterocycles. The van der Waals surface area contributed by atoms with Gasteiger partial charge in [-0.2, -0.15) is 0 Å². The van der Waals surface area contributed by atoms with Gasteiger partial charge in [-0.1, -0.05) is 24.3 Å². The van der Waals surface area contributed by atoms with Crippen LogP contribution in [0, 0.1) is 0 Å². The zero-order chi connectivity index (χ0) is 19.9. The fourth-order valence-electron chi connectivity index (χ4n) is 3.85. The average Bonchev–Trinajstić information content (AvgIpc) is 3.24. The highest BCUT2D eigenvalue weighted by molar-refractivity contribution is 5.82. The van der Waals surface area contributed by atoms with Crippen molar-refractivity contribution in [3.05, 3.63) is 35.4 Å². The first kappa shape index (κ1) is 20.6. The number of guanidine groups is 1. The van der Waals surface area contributed by atoms with E-state index in [4.69, 9.17) is 4.74 Å². The number of benzene rings is 1. The van der Waals surface area contributed by atoms with Crippen LogP contribution in [0.1, 0.15) is 24.0 Å². The van der Waals surface area contributed by atoms with Crippen molar-refractivity contribution in [1.29, 1.82) is 0 Å². The number of piperazine rings is 1. The molecule has 1 amide bonds. The molecule has 2 heterocycles. The lowest BCUT2D eigenvalue weighted by molar-refractivity contribution is -0.142. The summed E-state index contributed by atoms with van der Waals surface area (Å²) in [4.78, 5) is 23.3. The van der Waals surface area contributed by atoms with Gasteiger partial charge >= 0.3 is 0 Å². The van der Waals surface area contributed by atoms with Gasteiger partial charge in [0.1, 0.15) is 6.10 Å². The summed E-state index contributed by atoms with van der Waals surface area (Å²) in [5.41, 5.74) is 2.60. The molecule has 0 radical (unpaired) electrons. The van der Waals surface area contributed by atoms with E-state index in [0.29, 0.717) is 6.61 Å². The molecule has 2 aliphatic heterocycles. The monoisotopic (exact) mass is 387 g/mol. The van der Waals surface area contributed by atoms with Crippen molar-refractivity contribution < 1.29 is 9.53 Å². The van der Waals surface area contributed by atoms with E-state index < -0.39 is 0 Å². The maximum Gasteiger partial charge on any atom is 0.251 e. The van der Waals surface area contributed by atoms with Gasteiger partial charge < -0.3 is 24.8 Å². The SMILES string of the molecule is CN=C(NCc1ccccc1CN(C)C)N1CCN(C(=O)C2CCCO2)CC1. The molecular weight excluding hydrogens is 354 g/mol. The number of hydrogen-bond donors (Lipinski definition) is 1. The van der Waals surface area contributed by atoms with E-state index in [2.05, 4.69) is 58.5 Å². The smallest absolute Gasteiger partial charge is 0.251 e. The minimum atomic E-state index is -0.225. The van der Waals surface area contributed by atoms with Crippen LogP contribution in [0.25, 0.3) is 0 Å². The number of aliphatic imine (C=N–C) groups is 1. The van der Waals surface area contributed by atoms with E-state index in [1.165, 1.54) is 11.1 Å². The summed E-state index contributed by atoms with van der Waals surface area (Å²) in [6.45, 7) is 5.39. The number of ether oxygens (including phenoxy) is 1. The van der Waals surface area contributed by atoms with Gasteiger partial charge in [-0.05, 0) is 38.1 Å². The molecule has 28 heavy (non-hydrogen) atoms. The molecule has 0 saturated carbocycles. The fraction of sp³-hybridized carbons (Fsp3) is 0.619. The summed E-state index contributed by atoms with van der Waals surface area (Å²) in [5, 5.41) is 3.50. The molecule has 1 aromatic carbocycles. The van der Waals surface area contributed by atoms with Crippen LogP contribution >= 0.6 is 0 Å². The predicted molar refractivity (Wildman–Crippen MR) is 111 cm³/mol. The summed E-state index contributed by atoms with van der Waals surface area (Å²) in [6.07, 6.45) is 1.62. The Balaban J connectivity index is 1.52. The third-order valence-corrected chi connectivity index (χ3v) is 5.35. The third kappa shape index (κ3) is 5.23. The summed E-state index contributed by atoms with van der Waals surface area (Å²) < 4.78 is 5.55. The zero-order valence-electron chi connectivity index (χ0n) is 17.4. The Kier molecular flexibility index (Phi) is 7.28. The van der Waals surface area contributed by atoms with E-state index in [1.807, 2.05) is 11.9 Å². The van der Waals surface area contributed by atoms with Crippen LogP contribution in [-0.2, 0) is 22.6 Å². The van der Waals surface area contributed by atoms with Crippen molar-refractivity contribution in [2.45, 2.75) is 32.0 Å². The standard InChI is InChI=1S/C21H33N5O2/c1-22-21(23-15-17-7-4-5-8-18(17)16-24(2)3)26-12-10-25(11-13-26)20(27)19-9-6-14-28-19/h4-5,7-8,19H,6,9-16H2,1-3H3,(H,22,23). The fourth-order valence-corrected chi connectivity index (χ4v) is 3.85. The minimum Gasteiger partial charge on any atom is -0.368 e. The molecule has 154 valence electrons. The second-order valence-corrected chi connectivity index (χ2v) is 7.72. The van der Waals surface area contributed by atoms with Gasteiger partial charge in [-0.25, -0.2) is 0 Å². The molecule has 0 aromatic heterocycles. The van der Waals surface area contributed by atoms with Crippen LogP contribution in [0.3, 0.4) is 0 Å². The van der Waals surface area contributed by atoms with E-state index in [0.717, 1.165) is 58.1 Å². The molecule has 2 aliphatic rings. The number of rotatable bonds is 5. The Hall–Kier alpha value is -2.12. The Labute approximate surface area is 168 Å². The topological polar surface area (TPSA) is 60.4 Å². The Bertz CT molecular complexity index is 677. The summed E-state index contributed by atoms with van der Waals surface area (Å²) >= 11 is 0. The highest BCUT2D eigenvalue weighted by Crippen LogP contribution is 2.16. The molecular formula is C21H33N5O2. The lowest BCUT2D eigenvalue weighted by Crippen LogP contribution is -2.55. The summed E-state index contributed by atoms with van der Waals surface area (Å²) in [5.74, 6) is 1.04. The second-order valence-electron chi connectivity index (χ2n) is 7.72. The first-order chi connectivity index (χ1) is 13.6. The van der Waals surface area contributed by atoms with Gasteiger partial charge in [0, 0.05) is 52.9 Å². The molecule has 7 nitrogen and oxygen atoms in total. The number of amides is 1. The minimum absolute atomic E-state index is 0.151. The van der Waals surface area contributed by atoms with Gasteiger partial charge in [0.25, 0.3) is 5.91 Å². The molecule has 1 atom stereocenters. The van der Waals surface area contributed by atoms with E-state index >= 15 is 0 Å². The Morgan fingerprint density at radius 2 is 1.86 bits per heavy atom. The van der Waals surface area contributed by atoms with Gasteiger partial charge in [-0.3, -0.25) is 9.79 Å². The number of nitrogens with zero attached hydrogens (tertiary/aromatic N) is 4. The van der Waals surface area contributed by atoms with E-state index in [-0.39, 0.29) is 12.0 Å². The maximum atomic E-state index is 12.5. The van der Waals surface area contributed by atoms with Crippen LogP contribution in [0.2, 0.25) is 0 Å². The first-order valence-electron chi connectivity index (χ1n) is 10.2. The molecule has 1 N–H and O–H groups in total. The molecule has 0 bridgehead atoms. The van der Waals surface area contributed by atoms with Gasteiger partial charge in [-0.15, -0.1) is 0 Å². The number of carbonyl (C=O) groups is 1. The maximum absolute atomic E-state index is 12.5. The molecule has 1 aromatic rings. The van der Waals surface area contributed by atoms with Crippen LogP contribution in [0.5, 0.6) is 0 Å². The summed E-state index contributed by atoms with van der Waals surface area (Å²) in [6, 6.07) is 8.50. The average molecular weight is 388 g/mol. The highest BCUT2D eigenvalue weighted by atomic mass is 16.5. The van der Waals surface area contributed by atoms with Crippen LogP contribution in [-0.4, -0.2) is 86.6 Å². The van der Waals surface area contributed by atoms with Crippen molar-refractivity contribution in [3.8, 4) is 0 Å². The van der Waals surface area contributed by atoms with Crippen LogP contribution in [0.15, 0.2) is 29.3 Å². The van der Waals surface area contributed by atoms with Gasteiger partial charge in [0.2, 0.25) is 0 Å².